The maximum Gasteiger partial charge on any atom is 0.115 e. The van der Waals surface area contributed by atoms with Crippen LogP contribution in [0.15, 0.2) is 91.6 Å². The maximum absolute atomic E-state index is 4.80. The molecule has 3 aromatic heterocycles. The summed E-state index contributed by atoms with van der Waals surface area (Å²) in [5.74, 6) is 0. The minimum absolute atomic E-state index is 0.103. The SMILES string of the molecule is Cc1ccc2c(c1)C(C)(C)c1cc(C)ccc1N2c1ccc2c(c1)c1ncccc1n2-c1cncnc1. The summed E-state index contributed by atoms with van der Waals surface area (Å²) < 4.78 is 2.19. The molecule has 5 heteroatoms. The van der Waals surface area contributed by atoms with Crippen LogP contribution in [-0.4, -0.2) is 19.5 Å². The number of hydrogen-bond acceptors (Lipinski definition) is 4. The van der Waals surface area contributed by atoms with E-state index in [-0.39, 0.29) is 5.41 Å². The zero-order valence-corrected chi connectivity index (χ0v) is 21.4. The van der Waals surface area contributed by atoms with Crippen LogP contribution >= 0.6 is 0 Å². The highest BCUT2D eigenvalue weighted by atomic mass is 15.2. The van der Waals surface area contributed by atoms with E-state index in [2.05, 4.69) is 108 Å². The predicted molar refractivity (Wildman–Crippen MR) is 150 cm³/mol. The normalized spacial score (nSPS) is 14.1. The van der Waals surface area contributed by atoms with Crippen molar-refractivity contribution in [3.05, 3.63) is 114 Å². The van der Waals surface area contributed by atoms with Crippen LogP contribution in [0.4, 0.5) is 17.1 Å². The summed E-state index contributed by atoms with van der Waals surface area (Å²) >= 11 is 0. The van der Waals surface area contributed by atoms with Gasteiger partial charge in [-0.25, -0.2) is 9.97 Å². The summed E-state index contributed by atoms with van der Waals surface area (Å²) in [7, 11) is 0. The molecule has 0 radical (unpaired) electrons. The van der Waals surface area contributed by atoms with Crippen LogP contribution in [0.3, 0.4) is 0 Å². The molecular formula is C32H27N5. The summed E-state index contributed by atoms with van der Waals surface area (Å²) in [4.78, 5) is 15.7. The van der Waals surface area contributed by atoms with E-state index in [4.69, 9.17) is 4.98 Å². The number of anilines is 3. The van der Waals surface area contributed by atoms with Crippen molar-refractivity contribution in [3.8, 4) is 5.69 Å². The number of pyridine rings is 1. The second kappa shape index (κ2) is 7.74. The van der Waals surface area contributed by atoms with Gasteiger partial charge in [-0.05, 0) is 67.4 Å². The van der Waals surface area contributed by atoms with Crippen LogP contribution in [0.5, 0.6) is 0 Å². The van der Waals surface area contributed by atoms with Gasteiger partial charge in [0.15, 0.2) is 0 Å². The first-order valence-corrected chi connectivity index (χ1v) is 12.6. The molecule has 0 bridgehead atoms. The van der Waals surface area contributed by atoms with Crippen LogP contribution < -0.4 is 4.90 Å². The van der Waals surface area contributed by atoms with Crippen molar-refractivity contribution in [1.82, 2.24) is 19.5 Å². The summed E-state index contributed by atoms with van der Waals surface area (Å²) in [5, 5.41) is 1.10. The quantitative estimate of drug-likeness (QED) is 0.254. The summed E-state index contributed by atoms with van der Waals surface area (Å²) in [5.41, 5.74) is 12.7. The Labute approximate surface area is 216 Å². The number of aromatic nitrogens is 4. The number of aryl methyl sites for hydroxylation is 2. The first-order chi connectivity index (χ1) is 17.9. The summed E-state index contributed by atoms with van der Waals surface area (Å²) in [6.07, 6.45) is 7.11. The molecule has 0 saturated heterocycles. The molecule has 0 unspecified atom stereocenters. The lowest BCUT2D eigenvalue weighted by Gasteiger charge is -2.42. The minimum Gasteiger partial charge on any atom is -0.310 e. The Morgan fingerprint density at radius 1 is 0.703 bits per heavy atom. The monoisotopic (exact) mass is 481 g/mol. The van der Waals surface area contributed by atoms with Gasteiger partial charge in [0, 0.05) is 22.7 Å². The molecule has 0 aliphatic carbocycles. The fraction of sp³-hybridized carbons (Fsp3) is 0.156. The molecule has 0 fully saturated rings. The summed E-state index contributed by atoms with van der Waals surface area (Å²) in [6.45, 7) is 9.02. The molecule has 6 aromatic rings. The van der Waals surface area contributed by atoms with Crippen molar-refractivity contribution < 1.29 is 0 Å². The van der Waals surface area contributed by atoms with E-state index >= 15 is 0 Å². The molecule has 37 heavy (non-hydrogen) atoms. The Kier molecular flexibility index (Phi) is 4.55. The Bertz CT molecular complexity index is 1780. The van der Waals surface area contributed by atoms with Crippen molar-refractivity contribution in [1.29, 1.82) is 0 Å². The second-order valence-corrected chi connectivity index (χ2v) is 10.5. The van der Waals surface area contributed by atoms with Gasteiger partial charge in [0.05, 0.1) is 46.0 Å². The van der Waals surface area contributed by atoms with E-state index in [0.29, 0.717) is 0 Å². The first kappa shape index (κ1) is 21.7. The van der Waals surface area contributed by atoms with Gasteiger partial charge >= 0.3 is 0 Å². The average molecular weight is 482 g/mol. The Balaban J connectivity index is 1.53. The molecule has 0 amide bonds. The van der Waals surface area contributed by atoms with Gasteiger partial charge in [-0.15, -0.1) is 0 Å². The molecule has 0 N–H and O–H groups in total. The van der Waals surface area contributed by atoms with Crippen LogP contribution in [-0.2, 0) is 5.41 Å². The number of nitrogens with zero attached hydrogens (tertiary/aromatic N) is 5. The number of benzene rings is 3. The molecule has 1 aliphatic heterocycles. The smallest absolute Gasteiger partial charge is 0.115 e. The number of hydrogen-bond donors (Lipinski definition) is 0. The van der Waals surface area contributed by atoms with E-state index in [9.17, 15) is 0 Å². The third-order valence-electron chi connectivity index (χ3n) is 7.70. The van der Waals surface area contributed by atoms with Crippen LogP contribution in [0.1, 0.15) is 36.1 Å². The third-order valence-corrected chi connectivity index (χ3v) is 7.70. The van der Waals surface area contributed by atoms with Crippen molar-refractivity contribution in [2.24, 2.45) is 0 Å². The van der Waals surface area contributed by atoms with Crippen molar-refractivity contribution in [2.45, 2.75) is 33.1 Å². The van der Waals surface area contributed by atoms with Crippen LogP contribution in [0.25, 0.3) is 27.6 Å². The molecule has 0 saturated carbocycles. The van der Waals surface area contributed by atoms with Gasteiger partial charge in [-0.3, -0.25) is 4.98 Å². The predicted octanol–water partition coefficient (Wildman–Crippen LogP) is 7.69. The lowest BCUT2D eigenvalue weighted by atomic mass is 9.72. The van der Waals surface area contributed by atoms with Crippen molar-refractivity contribution >= 4 is 39.0 Å². The molecule has 3 aromatic carbocycles. The highest BCUT2D eigenvalue weighted by Crippen LogP contribution is 2.52. The van der Waals surface area contributed by atoms with Crippen LogP contribution in [0.2, 0.25) is 0 Å². The topological polar surface area (TPSA) is 46.8 Å². The van der Waals surface area contributed by atoms with Crippen LogP contribution in [0, 0.1) is 13.8 Å². The van der Waals surface area contributed by atoms with E-state index < -0.39 is 0 Å². The largest absolute Gasteiger partial charge is 0.310 e. The second-order valence-electron chi connectivity index (χ2n) is 10.5. The molecular weight excluding hydrogens is 454 g/mol. The maximum atomic E-state index is 4.80. The molecule has 180 valence electrons. The van der Waals surface area contributed by atoms with Crippen molar-refractivity contribution in [3.63, 3.8) is 0 Å². The Morgan fingerprint density at radius 3 is 2.05 bits per heavy atom. The zero-order chi connectivity index (χ0) is 25.3. The fourth-order valence-electron chi connectivity index (χ4n) is 5.89. The van der Waals surface area contributed by atoms with Gasteiger partial charge in [-0.1, -0.05) is 49.2 Å². The van der Waals surface area contributed by atoms with Gasteiger partial charge < -0.3 is 9.47 Å². The standard InChI is InChI=1S/C32H27N5/c1-20-7-10-28-25(14-20)32(3,4)26-15-21(2)8-11-29(26)36(28)22-9-12-27-24(16-22)31-30(6-5-13-35-31)37(27)23-17-33-19-34-18-23/h5-19H,1-4H3. The zero-order valence-electron chi connectivity index (χ0n) is 21.4. The minimum atomic E-state index is -0.103. The van der Waals surface area contributed by atoms with E-state index in [0.717, 1.165) is 33.3 Å². The summed E-state index contributed by atoms with van der Waals surface area (Å²) in [6, 6.07) is 24.4. The lowest BCUT2D eigenvalue weighted by Crippen LogP contribution is -2.30. The Morgan fingerprint density at radius 2 is 1.38 bits per heavy atom. The van der Waals surface area contributed by atoms with Gasteiger partial charge in [0.1, 0.15) is 6.33 Å². The highest BCUT2D eigenvalue weighted by Gasteiger charge is 2.37. The molecule has 0 atom stereocenters. The molecule has 5 nitrogen and oxygen atoms in total. The molecule has 7 rings (SSSR count). The van der Waals surface area contributed by atoms with E-state index in [1.165, 1.54) is 33.6 Å². The van der Waals surface area contributed by atoms with Gasteiger partial charge in [0.25, 0.3) is 0 Å². The van der Waals surface area contributed by atoms with E-state index in [1.54, 1.807) is 6.33 Å². The molecule has 1 aliphatic rings. The molecule has 0 spiro atoms. The third kappa shape index (κ3) is 3.13. The molecule has 4 heterocycles. The average Bonchev–Trinajstić information content (AvgIpc) is 3.24. The highest BCUT2D eigenvalue weighted by molar-refractivity contribution is 6.08. The fourth-order valence-corrected chi connectivity index (χ4v) is 5.89. The van der Waals surface area contributed by atoms with Gasteiger partial charge in [0.2, 0.25) is 0 Å². The Hall–Kier alpha value is -4.51. The first-order valence-electron chi connectivity index (χ1n) is 12.6. The number of rotatable bonds is 2. The van der Waals surface area contributed by atoms with E-state index in [1.807, 2.05) is 24.7 Å². The van der Waals surface area contributed by atoms with Crippen molar-refractivity contribution in [2.75, 3.05) is 4.90 Å². The van der Waals surface area contributed by atoms with Gasteiger partial charge in [-0.2, -0.15) is 0 Å². The number of fused-ring (bicyclic) bond motifs is 5. The lowest BCUT2D eigenvalue weighted by molar-refractivity contribution is 0.630.